The first-order valence-corrected chi connectivity index (χ1v) is 8.07. The van der Waals surface area contributed by atoms with Crippen molar-refractivity contribution in [3.63, 3.8) is 0 Å². The van der Waals surface area contributed by atoms with Crippen molar-refractivity contribution < 1.29 is 4.52 Å². The van der Waals surface area contributed by atoms with Gasteiger partial charge in [-0.2, -0.15) is 16.3 Å². The third kappa shape index (κ3) is 2.79. The van der Waals surface area contributed by atoms with E-state index in [0.717, 1.165) is 24.8 Å². The Balaban J connectivity index is 1.72. The number of likely N-dealkylation sites (tertiary alicyclic amines) is 1. The van der Waals surface area contributed by atoms with E-state index < -0.39 is 0 Å². The van der Waals surface area contributed by atoms with E-state index in [1.807, 2.05) is 0 Å². The minimum Gasteiger partial charge on any atom is -0.338 e. The van der Waals surface area contributed by atoms with Gasteiger partial charge in [0.25, 0.3) is 0 Å². The van der Waals surface area contributed by atoms with Crippen LogP contribution in [-0.2, 0) is 12.0 Å². The zero-order valence-electron chi connectivity index (χ0n) is 12.3. The first kappa shape index (κ1) is 13.8. The molecule has 0 unspecified atom stereocenters. The number of hydrogen-bond donors (Lipinski definition) is 0. The molecule has 20 heavy (non-hydrogen) atoms. The average molecular weight is 291 g/mol. The summed E-state index contributed by atoms with van der Waals surface area (Å²) in [6.45, 7) is 8.17. The van der Waals surface area contributed by atoms with E-state index in [0.29, 0.717) is 6.04 Å². The smallest absolute Gasteiger partial charge is 0.240 e. The molecule has 3 rings (SSSR count). The fourth-order valence-electron chi connectivity index (χ4n) is 2.65. The predicted octanol–water partition coefficient (Wildman–Crippen LogP) is 3.77. The zero-order chi connectivity index (χ0) is 14.2. The predicted molar refractivity (Wildman–Crippen MR) is 79.7 cm³/mol. The summed E-state index contributed by atoms with van der Waals surface area (Å²) in [5, 5.41) is 8.50. The molecule has 1 aliphatic heterocycles. The first-order chi connectivity index (χ1) is 9.54. The average Bonchev–Trinajstić information content (AvgIpc) is 3.08. The fourth-order valence-corrected chi connectivity index (χ4v) is 3.36. The summed E-state index contributed by atoms with van der Waals surface area (Å²) in [6, 6.07) is 2.73. The van der Waals surface area contributed by atoms with Gasteiger partial charge in [-0.15, -0.1) is 0 Å². The Morgan fingerprint density at radius 2 is 2.30 bits per heavy atom. The molecule has 0 bridgehead atoms. The monoisotopic (exact) mass is 291 g/mol. The lowest BCUT2D eigenvalue weighted by Crippen LogP contribution is -2.22. The van der Waals surface area contributed by atoms with Crippen LogP contribution in [0, 0.1) is 0 Å². The molecule has 2 aromatic rings. The molecule has 0 aromatic carbocycles. The van der Waals surface area contributed by atoms with Crippen LogP contribution in [0.25, 0.3) is 0 Å². The van der Waals surface area contributed by atoms with Gasteiger partial charge in [-0.1, -0.05) is 25.9 Å². The third-order valence-electron chi connectivity index (χ3n) is 3.77. The maximum absolute atomic E-state index is 5.42. The number of hydrogen-bond acceptors (Lipinski definition) is 5. The summed E-state index contributed by atoms with van der Waals surface area (Å²) < 4.78 is 5.42. The largest absolute Gasteiger partial charge is 0.338 e. The van der Waals surface area contributed by atoms with Gasteiger partial charge in [-0.3, -0.25) is 4.90 Å². The minimum atomic E-state index is -0.0560. The van der Waals surface area contributed by atoms with E-state index in [9.17, 15) is 0 Å². The maximum Gasteiger partial charge on any atom is 0.240 e. The standard InChI is InChI=1S/C15H21N3OS/c1-15(2,3)14-16-13(19-17-14)9-18-7-4-5-12(18)11-6-8-20-10-11/h6,8,10,12H,4-5,7,9H2,1-3H3/t12-/m1/s1. The van der Waals surface area contributed by atoms with Crippen LogP contribution in [0.1, 0.15) is 56.9 Å². The fraction of sp³-hybridized carbons (Fsp3) is 0.600. The molecule has 1 aliphatic rings. The normalized spacial score (nSPS) is 20.6. The van der Waals surface area contributed by atoms with Crippen molar-refractivity contribution in [1.82, 2.24) is 15.0 Å². The van der Waals surface area contributed by atoms with Crippen LogP contribution in [-0.4, -0.2) is 21.6 Å². The minimum absolute atomic E-state index is 0.0560. The van der Waals surface area contributed by atoms with Crippen LogP contribution >= 0.6 is 11.3 Å². The van der Waals surface area contributed by atoms with Gasteiger partial charge in [-0.25, -0.2) is 0 Å². The van der Waals surface area contributed by atoms with Gasteiger partial charge in [0, 0.05) is 11.5 Å². The van der Waals surface area contributed by atoms with Gasteiger partial charge in [0.2, 0.25) is 5.89 Å². The lowest BCUT2D eigenvalue weighted by atomic mass is 9.96. The van der Waals surface area contributed by atoms with Crippen molar-refractivity contribution in [2.24, 2.45) is 0 Å². The molecule has 108 valence electrons. The molecule has 0 N–H and O–H groups in total. The molecule has 0 radical (unpaired) electrons. The Morgan fingerprint density at radius 1 is 1.45 bits per heavy atom. The molecular weight excluding hydrogens is 270 g/mol. The highest BCUT2D eigenvalue weighted by Gasteiger charge is 2.28. The van der Waals surface area contributed by atoms with E-state index >= 15 is 0 Å². The summed E-state index contributed by atoms with van der Waals surface area (Å²) in [5.74, 6) is 1.52. The van der Waals surface area contributed by atoms with Crippen LogP contribution in [0.4, 0.5) is 0 Å². The van der Waals surface area contributed by atoms with Crippen molar-refractivity contribution in [3.05, 3.63) is 34.1 Å². The third-order valence-corrected chi connectivity index (χ3v) is 4.47. The molecule has 2 aromatic heterocycles. The molecule has 4 nitrogen and oxygen atoms in total. The van der Waals surface area contributed by atoms with Crippen LogP contribution in [0.15, 0.2) is 21.3 Å². The van der Waals surface area contributed by atoms with Crippen LogP contribution < -0.4 is 0 Å². The summed E-state index contributed by atoms with van der Waals surface area (Å²) in [4.78, 5) is 6.99. The Morgan fingerprint density at radius 3 is 2.95 bits per heavy atom. The van der Waals surface area contributed by atoms with E-state index in [-0.39, 0.29) is 5.41 Å². The second kappa shape index (κ2) is 5.30. The molecule has 1 atom stereocenters. The van der Waals surface area contributed by atoms with Gasteiger partial charge in [0.05, 0.1) is 6.54 Å². The second-order valence-electron chi connectivity index (χ2n) is 6.45. The Hall–Kier alpha value is -1.20. The molecule has 1 fully saturated rings. The number of rotatable bonds is 3. The van der Waals surface area contributed by atoms with Gasteiger partial charge in [-0.05, 0) is 41.8 Å². The van der Waals surface area contributed by atoms with Gasteiger partial charge >= 0.3 is 0 Å². The SMILES string of the molecule is CC(C)(C)c1noc(CN2CCC[C@@H]2c2ccsc2)n1. The quantitative estimate of drug-likeness (QED) is 0.863. The van der Waals surface area contributed by atoms with E-state index in [2.05, 4.69) is 52.6 Å². The highest BCUT2D eigenvalue weighted by molar-refractivity contribution is 7.07. The summed E-state index contributed by atoms with van der Waals surface area (Å²) in [6.07, 6.45) is 2.46. The molecule has 5 heteroatoms. The molecule has 0 saturated carbocycles. The molecule has 0 aliphatic carbocycles. The summed E-state index contributed by atoms with van der Waals surface area (Å²) in [5.41, 5.74) is 1.36. The summed E-state index contributed by atoms with van der Waals surface area (Å²) >= 11 is 1.76. The van der Waals surface area contributed by atoms with E-state index in [1.54, 1.807) is 11.3 Å². The second-order valence-corrected chi connectivity index (χ2v) is 7.23. The molecular formula is C15H21N3OS. The molecule has 1 saturated heterocycles. The molecule has 0 spiro atoms. The summed E-state index contributed by atoms with van der Waals surface area (Å²) in [7, 11) is 0. The van der Waals surface area contributed by atoms with Crippen molar-refractivity contribution in [2.45, 2.75) is 51.6 Å². The van der Waals surface area contributed by atoms with Crippen molar-refractivity contribution in [1.29, 1.82) is 0 Å². The highest BCUT2D eigenvalue weighted by atomic mass is 32.1. The number of nitrogens with zero attached hydrogens (tertiary/aromatic N) is 3. The first-order valence-electron chi connectivity index (χ1n) is 7.13. The Bertz CT molecular complexity index is 556. The van der Waals surface area contributed by atoms with Crippen LogP contribution in [0.3, 0.4) is 0 Å². The molecule has 0 amide bonds. The number of aromatic nitrogens is 2. The van der Waals surface area contributed by atoms with Crippen LogP contribution in [0.5, 0.6) is 0 Å². The highest BCUT2D eigenvalue weighted by Crippen LogP contribution is 2.34. The zero-order valence-corrected chi connectivity index (χ0v) is 13.1. The lowest BCUT2D eigenvalue weighted by Gasteiger charge is -2.21. The van der Waals surface area contributed by atoms with E-state index in [4.69, 9.17) is 4.52 Å². The molecule has 3 heterocycles. The van der Waals surface area contributed by atoms with Crippen molar-refractivity contribution >= 4 is 11.3 Å². The Labute approximate surface area is 123 Å². The lowest BCUT2D eigenvalue weighted by molar-refractivity contribution is 0.212. The van der Waals surface area contributed by atoms with E-state index in [1.165, 1.54) is 18.4 Å². The number of thiophene rings is 1. The van der Waals surface area contributed by atoms with Gasteiger partial charge < -0.3 is 4.52 Å². The van der Waals surface area contributed by atoms with Gasteiger partial charge in [0.1, 0.15) is 0 Å². The van der Waals surface area contributed by atoms with Crippen LogP contribution in [0.2, 0.25) is 0 Å². The Kier molecular flexibility index (Phi) is 3.65. The maximum atomic E-state index is 5.42. The van der Waals surface area contributed by atoms with Crippen molar-refractivity contribution in [2.75, 3.05) is 6.54 Å². The topological polar surface area (TPSA) is 42.2 Å². The van der Waals surface area contributed by atoms with Crippen molar-refractivity contribution in [3.8, 4) is 0 Å². The van der Waals surface area contributed by atoms with Gasteiger partial charge in [0.15, 0.2) is 5.82 Å².